The van der Waals surface area contributed by atoms with E-state index in [0.717, 1.165) is 11.8 Å². The minimum Gasteiger partial charge on any atom is -0.359 e. The molecule has 0 amide bonds. The SMILES string of the molecule is COCOCC(C=O)Cc1ccc(Cl)cc1. The predicted octanol–water partition coefficient (Wildman–Crippen LogP) is 2.32. The molecule has 0 saturated carbocycles. The van der Waals surface area contributed by atoms with E-state index in [1.165, 1.54) is 0 Å². The molecule has 0 aliphatic rings. The molecule has 0 heterocycles. The van der Waals surface area contributed by atoms with E-state index in [1.807, 2.05) is 24.3 Å². The first-order chi connectivity index (χ1) is 7.76. The molecule has 1 aromatic rings. The quantitative estimate of drug-likeness (QED) is 0.418. The third-order valence-corrected chi connectivity index (χ3v) is 2.39. The third-order valence-electron chi connectivity index (χ3n) is 2.14. The van der Waals surface area contributed by atoms with Crippen LogP contribution in [-0.4, -0.2) is 26.8 Å². The summed E-state index contributed by atoms with van der Waals surface area (Å²) >= 11 is 5.77. The fourth-order valence-corrected chi connectivity index (χ4v) is 1.48. The van der Waals surface area contributed by atoms with E-state index in [9.17, 15) is 4.79 Å². The van der Waals surface area contributed by atoms with Gasteiger partial charge in [-0.25, -0.2) is 0 Å². The summed E-state index contributed by atoms with van der Waals surface area (Å²) in [6, 6.07) is 7.45. The molecule has 3 nitrogen and oxygen atoms in total. The summed E-state index contributed by atoms with van der Waals surface area (Å²) in [7, 11) is 1.55. The zero-order valence-corrected chi connectivity index (χ0v) is 9.94. The van der Waals surface area contributed by atoms with Crippen LogP contribution in [0.2, 0.25) is 5.02 Å². The van der Waals surface area contributed by atoms with Gasteiger partial charge in [0.25, 0.3) is 0 Å². The van der Waals surface area contributed by atoms with Gasteiger partial charge >= 0.3 is 0 Å². The number of benzene rings is 1. The highest BCUT2D eigenvalue weighted by Crippen LogP contribution is 2.12. The molecule has 1 rings (SSSR count). The Morgan fingerprint density at radius 1 is 1.38 bits per heavy atom. The lowest BCUT2D eigenvalue weighted by Gasteiger charge is -2.10. The second-order valence-electron chi connectivity index (χ2n) is 3.50. The number of rotatable bonds is 7. The molecule has 0 aliphatic heterocycles. The smallest absolute Gasteiger partial charge is 0.146 e. The summed E-state index contributed by atoms with van der Waals surface area (Å²) < 4.78 is 9.90. The molecule has 0 spiro atoms. The standard InChI is InChI=1S/C12H15ClO3/c1-15-9-16-8-11(7-14)6-10-2-4-12(13)5-3-10/h2-5,7,11H,6,8-9H2,1H3. The van der Waals surface area contributed by atoms with Crippen LogP contribution in [0.4, 0.5) is 0 Å². The largest absolute Gasteiger partial charge is 0.359 e. The van der Waals surface area contributed by atoms with Gasteiger partial charge in [0.15, 0.2) is 0 Å². The first-order valence-electron chi connectivity index (χ1n) is 5.02. The Hall–Kier alpha value is -0.900. The molecule has 0 bridgehead atoms. The van der Waals surface area contributed by atoms with Gasteiger partial charge < -0.3 is 14.3 Å². The second-order valence-corrected chi connectivity index (χ2v) is 3.94. The van der Waals surface area contributed by atoms with Crippen molar-refractivity contribution in [3.05, 3.63) is 34.9 Å². The van der Waals surface area contributed by atoms with Crippen LogP contribution in [0.1, 0.15) is 5.56 Å². The Morgan fingerprint density at radius 2 is 2.06 bits per heavy atom. The zero-order chi connectivity index (χ0) is 11.8. The molecule has 1 atom stereocenters. The predicted molar refractivity (Wildman–Crippen MR) is 62.5 cm³/mol. The highest BCUT2D eigenvalue weighted by molar-refractivity contribution is 6.30. The monoisotopic (exact) mass is 242 g/mol. The van der Waals surface area contributed by atoms with Gasteiger partial charge in [-0.2, -0.15) is 0 Å². The number of carbonyl (C=O) groups is 1. The maximum Gasteiger partial charge on any atom is 0.146 e. The van der Waals surface area contributed by atoms with Crippen LogP contribution in [0.25, 0.3) is 0 Å². The fourth-order valence-electron chi connectivity index (χ4n) is 1.35. The van der Waals surface area contributed by atoms with E-state index < -0.39 is 0 Å². The Bertz CT molecular complexity index is 311. The lowest BCUT2D eigenvalue weighted by Crippen LogP contribution is -2.15. The van der Waals surface area contributed by atoms with Crippen molar-refractivity contribution in [2.45, 2.75) is 6.42 Å². The molecule has 0 saturated heterocycles. The van der Waals surface area contributed by atoms with E-state index in [4.69, 9.17) is 21.1 Å². The highest BCUT2D eigenvalue weighted by atomic mass is 35.5. The van der Waals surface area contributed by atoms with Crippen molar-refractivity contribution in [2.24, 2.45) is 5.92 Å². The average Bonchev–Trinajstić information content (AvgIpc) is 2.31. The summed E-state index contributed by atoms with van der Waals surface area (Å²) in [5.74, 6) is -0.142. The van der Waals surface area contributed by atoms with Crippen LogP contribution in [0.5, 0.6) is 0 Å². The van der Waals surface area contributed by atoms with Crippen LogP contribution in [0, 0.1) is 5.92 Å². The normalized spacial score (nSPS) is 12.4. The summed E-state index contributed by atoms with van der Waals surface area (Å²) in [6.45, 7) is 0.588. The van der Waals surface area contributed by atoms with E-state index in [1.54, 1.807) is 7.11 Å². The molecule has 16 heavy (non-hydrogen) atoms. The van der Waals surface area contributed by atoms with Gasteiger partial charge in [-0.1, -0.05) is 23.7 Å². The van der Waals surface area contributed by atoms with Crippen molar-refractivity contribution in [1.29, 1.82) is 0 Å². The van der Waals surface area contributed by atoms with E-state index in [0.29, 0.717) is 18.1 Å². The van der Waals surface area contributed by atoms with Crippen molar-refractivity contribution in [3.63, 3.8) is 0 Å². The van der Waals surface area contributed by atoms with Gasteiger partial charge in [0.05, 0.1) is 6.61 Å². The van der Waals surface area contributed by atoms with Gasteiger partial charge in [0.1, 0.15) is 13.1 Å². The number of hydrogen-bond acceptors (Lipinski definition) is 3. The third kappa shape index (κ3) is 4.75. The molecule has 0 N–H and O–H groups in total. The minimum absolute atomic E-state index is 0.142. The topological polar surface area (TPSA) is 35.5 Å². The number of aldehydes is 1. The first kappa shape index (κ1) is 13.2. The van der Waals surface area contributed by atoms with Crippen LogP contribution < -0.4 is 0 Å². The average molecular weight is 243 g/mol. The Balaban J connectivity index is 2.43. The van der Waals surface area contributed by atoms with Gasteiger partial charge in [-0.05, 0) is 24.1 Å². The van der Waals surface area contributed by atoms with Crippen molar-refractivity contribution in [3.8, 4) is 0 Å². The number of ether oxygens (including phenoxy) is 2. The number of carbonyl (C=O) groups excluding carboxylic acids is 1. The van der Waals surface area contributed by atoms with E-state index in [2.05, 4.69) is 0 Å². The minimum atomic E-state index is -0.142. The molecule has 0 aromatic heterocycles. The molecule has 0 aliphatic carbocycles. The molecule has 0 radical (unpaired) electrons. The van der Waals surface area contributed by atoms with E-state index >= 15 is 0 Å². The van der Waals surface area contributed by atoms with Gasteiger partial charge in [0, 0.05) is 18.1 Å². The first-order valence-corrected chi connectivity index (χ1v) is 5.40. The Morgan fingerprint density at radius 3 is 2.62 bits per heavy atom. The number of hydrogen-bond donors (Lipinski definition) is 0. The lowest BCUT2D eigenvalue weighted by molar-refractivity contribution is -0.115. The summed E-state index contributed by atoms with van der Waals surface area (Å²) in [6.07, 6.45) is 1.56. The lowest BCUT2D eigenvalue weighted by atomic mass is 10.0. The molecule has 88 valence electrons. The van der Waals surface area contributed by atoms with Gasteiger partial charge in [-0.15, -0.1) is 0 Å². The molecule has 0 fully saturated rings. The van der Waals surface area contributed by atoms with Crippen molar-refractivity contribution in [2.75, 3.05) is 20.5 Å². The number of halogens is 1. The summed E-state index contributed by atoms with van der Waals surface area (Å²) in [4.78, 5) is 10.8. The van der Waals surface area contributed by atoms with Crippen LogP contribution in [-0.2, 0) is 20.7 Å². The second kappa shape index (κ2) is 7.39. The van der Waals surface area contributed by atoms with Crippen LogP contribution >= 0.6 is 11.6 Å². The number of methoxy groups -OCH3 is 1. The van der Waals surface area contributed by atoms with Crippen molar-refractivity contribution in [1.82, 2.24) is 0 Å². The fraction of sp³-hybridized carbons (Fsp3) is 0.417. The van der Waals surface area contributed by atoms with Gasteiger partial charge in [-0.3, -0.25) is 0 Å². The Kier molecular flexibility index (Phi) is 6.08. The summed E-state index contributed by atoms with van der Waals surface area (Å²) in [5.41, 5.74) is 1.07. The summed E-state index contributed by atoms with van der Waals surface area (Å²) in [5, 5.41) is 0.696. The molecular formula is C12H15ClO3. The van der Waals surface area contributed by atoms with Crippen molar-refractivity contribution < 1.29 is 14.3 Å². The zero-order valence-electron chi connectivity index (χ0n) is 9.19. The van der Waals surface area contributed by atoms with Crippen LogP contribution in [0.15, 0.2) is 24.3 Å². The molecule has 1 aromatic carbocycles. The Labute approximate surface area is 100 Å². The molecular weight excluding hydrogens is 228 g/mol. The van der Waals surface area contributed by atoms with Crippen LogP contribution in [0.3, 0.4) is 0 Å². The maximum absolute atomic E-state index is 10.8. The molecule has 4 heteroatoms. The van der Waals surface area contributed by atoms with Crippen molar-refractivity contribution >= 4 is 17.9 Å². The maximum atomic E-state index is 10.8. The van der Waals surface area contributed by atoms with Gasteiger partial charge in [0.2, 0.25) is 0 Å². The highest BCUT2D eigenvalue weighted by Gasteiger charge is 2.08. The molecule has 1 unspecified atom stereocenters. The van der Waals surface area contributed by atoms with E-state index in [-0.39, 0.29) is 12.7 Å².